The van der Waals surface area contributed by atoms with Crippen LogP contribution in [0.5, 0.6) is 0 Å². The molecule has 1 saturated carbocycles. The number of hydrogen-bond acceptors (Lipinski definition) is 7. The van der Waals surface area contributed by atoms with Crippen molar-refractivity contribution < 1.29 is 23.0 Å². The zero-order valence-corrected chi connectivity index (χ0v) is 18.4. The van der Waals surface area contributed by atoms with Crippen LogP contribution in [-0.2, 0) is 4.74 Å². The summed E-state index contributed by atoms with van der Waals surface area (Å²) < 4.78 is 49.1. The van der Waals surface area contributed by atoms with Crippen LogP contribution in [0.2, 0.25) is 0 Å². The molecule has 12 heteroatoms. The first-order valence-electron chi connectivity index (χ1n) is 10.7. The Morgan fingerprint density at radius 1 is 1.03 bits per heavy atom. The minimum absolute atomic E-state index is 0. The molecule has 2 aromatic heterocycles. The monoisotopic (exact) mass is 484 g/mol. The van der Waals surface area contributed by atoms with Crippen LogP contribution in [0.4, 0.5) is 30.8 Å². The molecule has 0 amide bonds. The van der Waals surface area contributed by atoms with Crippen LogP contribution in [-0.4, -0.2) is 50.0 Å². The third-order valence-electron chi connectivity index (χ3n) is 5.98. The maximum atomic E-state index is 14.3. The second-order valence-corrected chi connectivity index (χ2v) is 8.24. The molecular weight excluding hydrogens is 461 g/mol. The molecule has 5 rings (SSSR count). The fourth-order valence-corrected chi connectivity index (χ4v) is 4.30. The Balaban J connectivity index is 0.00000259. The minimum Gasteiger partial charge on any atom is -0.393 e. The lowest BCUT2D eigenvalue weighted by Gasteiger charge is -2.26. The smallest absolute Gasteiger partial charge is 0.224 e. The second kappa shape index (κ2) is 9.70. The average Bonchev–Trinajstić information content (AvgIpc) is 3.39. The number of halogens is 4. The van der Waals surface area contributed by atoms with Gasteiger partial charge in [-0.15, -0.1) is 12.4 Å². The number of ether oxygens (including phenoxy) is 1. The molecule has 33 heavy (non-hydrogen) atoms. The van der Waals surface area contributed by atoms with E-state index in [2.05, 4.69) is 25.6 Å². The Labute approximate surface area is 194 Å². The minimum atomic E-state index is -1.06. The van der Waals surface area contributed by atoms with Crippen LogP contribution in [0.3, 0.4) is 0 Å². The van der Waals surface area contributed by atoms with Crippen molar-refractivity contribution in [2.75, 3.05) is 23.8 Å². The highest BCUT2D eigenvalue weighted by Crippen LogP contribution is 2.32. The molecule has 1 aliphatic heterocycles. The summed E-state index contributed by atoms with van der Waals surface area (Å²) in [7, 11) is 0. The molecule has 0 radical (unpaired) electrons. The number of aromatic nitrogens is 4. The van der Waals surface area contributed by atoms with Crippen LogP contribution >= 0.6 is 12.4 Å². The quantitative estimate of drug-likeness (QED) is 0.502. The molecule has 0 spiro atoms. The van der Waals surface area contributed by atoms with Crippen molar-refractivity contribution >= 4 is 41.2 Å². The topological polar surface area (TPSA) is 97.1 Å². The van der Waals surface area contributed by atoms with E-state index < -0.39 is 23.1 Å². The van der Waals surface area contributed by atoms with Gasteiger partial charge in [-0.2, -0.15) is 4.98 Å². The van der Waals surface area contributed by atoms with Crippen molar-refractivity contribution in [2.24, 2.45) is 0 Å². The van der Waals surface area contributed by atoms with Crippen molar-refractivity contribution in [3.63, 3.8) is 0 Å². The SMILES string of the molecule is Cl.OC1CCC(Nc2ncc3nc(Nc4c(F)cc(F)cc4F)n([C@H]4CCOC4)c3n2)CC1. The number of aliphatic hydroxyl groups excluding tert-OH is 1. The number of hydrogen-bond donors (Lipinski definition) is 3. The lowest BCUT2D eigenvalue weighted by atomic mass is 9.93. The number of fused-ring (bicyclic) bond motifs is 1. The Morgan fingerprint density at radius 2 is 1.76 bits per heavy atom. The van der Waals surface area contributed by atoms with Crippen molar-refractivity contribution in [2.45, 2.75) is 50.3 Å². The first-order valence-corrected chi connectivity index (χ1v) is 10.7. The second-order valence-electron chi connectivity index (χ2n) is 8.24. The Hall–Kier alpha value is -2.63. The van der Waals surface area contributed by atoms with E-state index in [1.807, 2.05) is 0 Å². The molecule has 3 heterocycles. The van der Waals surface area contributed by atoms with Crippen LogP contribution in [0.25, 0.3) is 11.2 Å². The predicted octanol–water partition coefficient (Wildman–Crippen LogP) is 4.09. The zero-order valence-electron chi connectivity index (χ0n) is 17.6. The van der Waals surface area contributed by atoms with Gasteiger partial charge in [0.1, 0.15) is 17.0 Å². The van der Waals surface area contributed by atoms with Gasteiger partial charge in [0.05, 0.1) is 24.9 Å². The van der Waals surface area contributed by atoms with Gasteiger partial charge in [-0.1, -0.05) is 0 Å². The lowest BCUT2D eigenvalue weighted by molar-refractivity contribution is 0.126. The number of aliphatic hydroxyl groups is 1. The maximum absolute atomic E-state index is 14.3. The summed E-state index contributed by atoms with van der Waals surface area (Å²) in [5.41, 5.74) is 0.458. The Bertz CT molecular complexity index is 1110. The van der Waals surface area contributed by atoms with Crippen molar-refractivity contribution in [3.8, 4) is 0 Å². The third-order valence-corrected chi connectivity index (χ3v) is 5.98. The largest absolute Gasteiger partial charge is 0.393 e. The van der Waals surface area contributed by atoms with E-state index in [-0.39, 0.29) is 36.5 Å². The standard InChI is InChI=1S/C21H23F3N6O2.ClH/c22-11-7-15(23)18(16(24)8-11)28-21-27-17-9-25-20(26-12-1-3-14(31)4-2-12)29-19(17)30(21)13-5-6-32-10-13;/h7-9,12-14,31H,1-6,10H2,(H,27,28)(H,25,26,29);1H/t12?,13-,14?;/m0./s1. The summed E-state index contributed by atoms with van der Waals surface area (Å²) in [6.45, 7) is 0.950. The number of benzene rings is 1. The van der Waals surface area contributed by atoms with Crippen molar-refractivity contribution in [3.05, 3.63) is 35.8 Å². The van der Waals surface area contributed by atoms with E-state index in [9.17, 15) is 18.3 Å². The van der Waals surface area contributed by atoms with Gasteiger partial charge in [0, 0.05) is 24.8 Å². The molecule has 2 aliphatic rings. The molecular formula is C21H24ClF3N6O2. The number of anilines is 3. The molecule has 178 valence electrons. The summed E-state index contributed by atoms with van der Waals surface area (Å²) in [6.07, 6.45) is 5.04. The van der Waals surface area contributed by atoms with E-state index in [4.69, 9.17) is 4.74 Å². The molecule has 3 N–H and O–H groups in total. The first kappa shape index (κ1) is 23.5. The third kappa shape index (κ3) is 4.85. The predicted molar refractivity (Wildman–Crippen MR) is 119 cm³/mol. The van der Waals surface area contributed by atoms with E-state index >= 15 is 0 Å². The van der Waals surface area contributed by atoms with Gasteiger partial charge in [-0.3, -0.25) is 4.57 Å². The maximum Gasteiger partial charge on any atom is 0.224 e. The Kier molecular flexibility index (Phi) is 6.91. The summed E-state index contributed by atoms with van der Waals surface area (Å²) in [5.74, 6) is -2.52. The van der Waals surface area contributed by atoms with Crippen LogP contribution in [0.1, 0.15) is 38.1 Å². The summed E-state index contributed by atoms with van der Waals surface area (Å²) >= 11 is 0. The highest BCUT2D eigenvalue weighted by molar-refractivity contribution is 5.85. The average molecular weight is 485 g/mol. The summed E-state index contributed by atoms with van der Waals surface area (Å²) in [4.78, 5) is 13.4. The highest BCUT2D eigenvalue weighted by atomic mass is 35.5. The van der Waals surface area contributed by atoms with E-state index in [1.165, 1.54) is 0 Å². The molecule has 3 aromatic rings. The van der Waals surface area contributed by atoms with Crippen LogP contribution in [0.15, 0.2) is 18.3 Å². The molecule has 2 fully saturated rings. The molecule has 1 atom stereocenters. The molecule has 1 aromatic carbocycles. The highest BCUT2D eigenvalue weighted by Gasteiger charge is 2.27. The molecule has 1 saturated heterocycles. The molecule has 0 bridgehead atoms. The van der Waals surface area contributed by atoms with Gasteiger partial charge in [0.25, 0.3) is 0 Å². The molecule has 8 nitrogen and oxygen atoms in total. The molecule has 1 aliphatic carbocycles. The van der Waals surface area contributed by atoms with Gasteiger partial charge >= 0.3 is 0 Å². The fraction of sp³-hybridized carbons (Fsp3) is 0.476. The van der Waals surface area contributed by atoms with Gasteiger partial charge in [0.15, 0.2) is 17.3 Å². The van der Waals surface area contributed by atoms with Gasteiger partial charge in [0.2, 0.25) is 11.9 Å². The fourth-order valence-electron chi connectivity index (χ4n) is 4.30. The van der Waals surface area contributed by atoms with E-state index in [1.54, 1.807) is 10.8 Å². The Morgan fingerprint density at radius 3 is 2.42 bits per heavy atom. The van der Waals surface area contributed by atoms with Crippen LogP contribution in [0, 0.1) is 17.5 Å². The van der Waals surface area contributed by atoms with Crippen LogP contribution < -0.4 is 10.6 Å². The van der Waals surface area contributed by atoms with Crippen molar-refractivity contribution in [1.82, 2.24) is 19.5 Å². The van der Waals surface area contributed by atoms with E-state index in [0.717, 1.165) is 25.7 Å². The zero-order chi connectivity index (χ0) is 22.2. The normalized spacial score (nSPS) is 22.8. The number of imidazole rings is 1. The lowest BCUT2D eigenvalue weighted by Crippen LogP contribution is -2.29. The number of nitrogens with one attached hydrogen (secondary N) is 2. The number of nitrogens with zero attached hydrogens (tertiary/aromatic N) is 4. The number of rotatable bonds is 5. The summed E-state index contributed by atoms with van der Waals surface area (Å²) in [5, 5.41) is 15.7. The van der Waals surface area contributed by atoms with Gasteiger partial charge in [-0.05, 0) is 32.1 Å². The van der Waals surface area contributed by atoms with Gasteiger partial charge in [-0.25, -0.2) is 23.1 Å². The summed E-state index contributed by atoms with van der Waals surface area (Å²) in [6, 6.07) is 1.24. The van der Waals surface area contributed by atoms with E-state index in [0.29, 0.717) is 48.9 Å². The first-order chi connectivity index (χ1) is 15.5. The van der Waals surface area contributed by atoms with Crippen molar-refractivity contribution in [1.29, 1.82) is 0 Å². The van der Waals surface area contributed by atoms with Gasteiger partial charge < -0.3 is 20.5 Å². The molecule has 0 unspecified atom stereocenters.